The fourth-order valence-corrected chi connectivity index (χ4v) is 12.9. The third kappa shape index (κ3) is 7.15. The lowest BCUT2D eigenvalue weighted by Gasteiger charge is -2.43. The van der Waals surface area contributed by atoms with Gasteiger partial charge in [0.05, 0.1) is 6.61 Å². The van der Waals surface area contributed by atoms with Crippen LogP contribution in [-0.4, -0.2) is 21.2 Å². The highest BCUT2D eigenvalue weighted by Crippen LogP contribution is 2.51. The Kier molecular flexibility index (Phi) is 11.2. The predicted octanol–water partition coefficient (Wildman–Crippen LogP) is 9.71. The van der Waals surface area contributed by atoms with Crippen LogP contribution in [-0.2, 0) is 9.22 Å². The number of carbonyl (C=O) groups excluding carboxylic acids is 1. The second-order valence-electron chi connectivity index (χ2n) is 15.6. The molecular weight excluding hydrogens is 553 g/mol. The zero-order valence-electron chi connectivity index (χ0n) is 28.9. The summed E-state index contributed by atoms with van der Waals surface area (Å²) in [7, 11) is -2.70. The Balaban J connectivity index is 1.80. The molecule has 0 bridgehead atoms. The minimum atomic E-state index is -2.70. The van der Waals surface area contributed by atoms with Crippen molar-refractivity contribution in [2.45, 2.75) is 99.0 Å². The van der Waals surface area contributed by atoms with Crippen molar-refractivity contribution in [2.24, 2.45) is 35.0 Å². The molecule has 4 rings (SSSR count). The van der Waals surface area contributed by atoms with Crippen molar-refractivity contribution in [2.75, 3.05) is 6.61 Å². The van der Waals surface area contributed by atoms with Crippen molar-refractivity contribution >= 4 is 25.0 Å². The van der Waals surface area contributed by atoms with Gasteiger partial charge in [0.25, 0.3) is 8.32 Å². The van der Waals surface area contributed by atoms with Crippen LogP contribution in [0.4, 0.5) is 0 Å². The molecule has 2 aliphatic carbocycles. The number of hydrogen-bond acceptors (Lipinski definition) is 2. The Hall–Kier alpha value is -2.49. The molecule has 0 amide bonds. The first-order valence-electron chi connectivity index (χ1n) is 17.1. The summed E-state index contributed by atoms with van der Waals surface area (Å²) in [6.45, 7) is 23.3. The number of carbonyl (C=O) groups is 1. The maximum atomic E-state index is 12.5. The molecule has 0 aromatic heterocycles. The topological polar surface area (TPSA) is 26.3 Å². The Morgan fingerprint density at radius 1 is 1.07 bits per heavy atom. The molecule has 2 aromatic carbocycles. The molecule has 2 nitrogen and oxygen atoms in total. The molecule has 2 aromatic rings. The van der Waals surface area contributed by atoms with Gasteiger partial charge in [0.15, 0.2) is 0 Å². The first kappa shape index (κ1) is 34.4. The van der Waals surface area contributed by atoms with Crippen molar-refractivity contribution in [3.05, 3.63) is 96.1 Å². The number of benzene rings is 2. The summed E-state index contributed by atoms with van der Waals surface area (Å²) in [5.41, 5.74) is 3.82. The molecule has 0 saturated heterocycles. The lowest BCUT2D eigenvalue weighted by atomic mass is 9.73. The van der Waals surface area contributed by atoms with E-state index in [1.165, 1.54) is 33.4 Å². The van der Waals surface area contributed by atoms with Gasteiger partial charge in [0, 0.05) is 5.41 Å². The molecule has 1 saturated carbocycles. The summed E-state index contributed by atoms with van der Waals surface area (Å²) in [5, 5.41) is 2.55. The molecule has 0 spiro atoms. The molecular formula is C41H58O2Si. The van der Waals surface area contributed by atoms with Gasteiger partial charge in [-0.2, -0.15) is 0 Å². The first-order chi connectivity index (χ1) is 20.8. The van der Waals surface area contributed by atoms with Gasteiger partial charge in [-0.25, -0.2) is 0 Å². The summed E-state index contributed by atoms with van der Waals surface area (Å²) < 4.78 is 7.56. The quantitative estimate of drug-likeness (QED) is 0.128. The average Bonchev–Trinajstić information content (AvgIpc) is 3.53. The van der Waals surface area contributed by atoms with Gasteiger partial charge in [0.1, 0.15) is 6.29 Å². The molecule has 44 heavy (non-hydrogen) atoms. The molecule has 2 aliphatic rings. The summed E-state index contributed by atoms with van der Waals surface area (Å²) >= 11 is 0. The van der Waals surface area contributed by atoms with E-state index in [-0.39, 0.29) is 10.5 Å². The smallest absolute Gasteiger partial charge is 0.261 e. The summed E-state index contributed by atoms with van der Waals surface area (Å²) in [5.74, 6) is 2.60. The van der Waals surface area contributed by atoms with Gasteiger partial charge in [0.2, 0.25) is 0 Å². The van der Waals surface area contributed by atoms with Crippen LogP contribution in [0.2, 0.25) is 5.04 Å². The van der Waals surface area contributed by atoms with Crippen LogP contribution in [0.3, 0.4) is 0 Å². The molecule has 0 unspecified atom stereocenters. The van der Waals surface area contributed by atoms with Crippen LogP contribution in [0.5, 0.6) is 0 Å². The Labute approximate surface area is 270 Å². The van der Waals surface area contributed by atoms with Crippen molar-refractivity contribution in [1.82, 2.24) is 0 Å². The maximum absolute atomic E-state index is 12.5. The van der Waals surface area contributed by atoms with Gasteiger partial charge < -0.3 is 9.22 Å². The van der Waals surface area contributed by atoms with Crippen LogP contribution in [0.15, 0.2) is 96.1 Å². The standard InChI is InChI=1S/C41H58O2Si/c1-30(2)20-23-37-32(5)21-24-38(37)33(22-25-39-36(31(3)4)26-27-41(39,9)29-42)28-43-44(40(6,7)8,34-16-12-10-13-17-34)35-18-14-11-15-19-35/h10-19,22,24,29,31-32,36-37,39H,1,20-21,23,25-28H2,2-9H3/b33-22-/t32-,36+,37-,39-,41+/m0/s1. The van der Waals surface area contributed by atoms with Crippen LogP contribution < -0.4 is 10.4 Å². The van der Waals surface area contributed by atoms with E-state index >= 15 is 0 Å². The average molecular weight is 611 g/mol. The molecule has 0 N–H and O–H groups in total. The Bertz CT molecular complexity index is 1280. The van der Waals surface area contributed by atoms with E-state index in [9.17, 15) is 4.79 Å². The highest BCUT2D eigenvalue weighted by Gasteiger charge is 2.50. The van der Waals surface area contributed by atoms with Crippen molar-refractivity contribution < 1.29 is 9.22 Å². The molecule has 5 atom stereocenters. The zero-order valence-corrected chi connectivity index (χ0v) is 29.9. The number of hydrogen-bond donors (Lipinski definition) is 0. The van der Waals surface area contributed by atoms with Gasteiger partial charge in [-0.15, -0.1) is 6.58 Å². The molecule has 3 heteroatoms. The monoisotopic (exact) mass is 610 g/mol. The van der Waals surface area contributed by atoms with E-state index < -0.39 is 8.32 Å². The number of allylic oxidation sites excluding steroid dienone is 3. The lowest BCUT2D eigenvalue weighted by Crippen LogP contribution is -2.66. The van der Waals surface area contributed by atoms with E-state index in [2.05, 4.69) is 135 Å². The van der Waals surface area contributed by atoms with Crippen LogP contribution in [0.1, 0.15) is 93.9 Å². The summed E-state index contributed by atoms with van der Waals surface area (Å²) in [4.78, 5) is 12.5. The van der Waals surface area contributed by atoms with Crippen molar-refractivity contribution in [3.63, 3.8) is 0 Å². The predicted molar refractivity (Wildman–Crippen MR) is 191 cm³/mol. The minimum Gasteiger partial charge on any atom is -0.403 e. The van der Waals surface area contributed by atoms with Crippen LogP contribution >= 0.6 is 0 Å². The van der Waals surface area contributed by atoms with Gasteiger partial charge in [-0.1, -0.05) is 127 Å². The van der Waals surface area contributed by atoms with Crippen LogP contribution in [0.25, 0.3) is 0 Å². The van der Waals surface area contributed by atoms with E-state index in [4.69, 9.17) is 4.43 Å². The molecule has 1 fully saturated rings. The van der Waals surface area contributed by atoms with Crippen LogP contribution in [0, 0.1) is 35.0 Å². The Morgan fingerprint density at radius 2 is 1.66 bits per heavy atom. The third-order valence-corrected chi connectivity index (χ3v) is 16.0. The number of aldehydes is 1. The van der Waals surface area contributed by atoms with Crippen molar-refractivity contribution in [1.29, 1.82) is 0 Å². The fraction of sp³-hybridized carbons (Fsp3) is 0.537. The first-order valence-corrected chi connectivity index (χ1v) is 19.0. The molecule has 0 aliphatic heterocycles. The second kappa shape index (κ2) is 14.3. The number of rotatable bonds is 13. The zero-order chi connectivity index (χ0) is 32.1. The van der Waals surface area contributed by atoms with Crippen molar-refractivity contribution in [3.8, 4) is 0 Å². The van der Waals surface area contributed by atoms with E-state index in [0.29, 0.717) is 36.2 Å². The molecule has 0 radical (unpaired) electrons. The largest absolute Gasteiger partial charge is 0.403 e. The van der Waals surface area contributed by atoms with E-state index in [1.54, 1.807) is 0 Å². The third-order valence-electron chi connectivity index (χ3n) is 11.0. The minimum absolute atomic E-state index is 0.0815. The van der Waals surface area contributed by atoms with Gasteiger partial charge in [-0.05, 0) is 102 Å². The maximum Gasteiger partial charge on any atom is 0.261 e. The highest BCUT2D eigenvalue weighted by atomic mass is 28.4. The SMILES string of the molecule is C=C(C)CC[C@@H]1C(/C(=C\C[C@H]2[C@@H](C(C)C)CC[C@]2(C)C=O)CO[Si](c2ccccc2)(c2ccccc2)C(C)(C)C)=CC[C@@H]1C. The van der Waals surface area contributed by atoms with Gasteiger partial charge in [-0.3, -0.25) is 0 Å². The highest BCUT2D eigenvalue weighted by molar-refractivity contribution is 6.99. The Morgan fingerprint density at radius 3 is 2.16 bits per heavy atom. The second-order valence-corrected chi connectivity index (χ2v) is 19.9. The molecule has 238 valence electrons. The fourth-order valence-electron chi connectivity index (χ4n) is 8.36. The lowest BCUT2D eigenvalue weighted by molar-refractivity contribution is -0.117. The summed E-state index contributed by atoms with van der Waals surface area (Å²) in [6.07, 6.45) is 12.6. The normalized spacial score (nSPS) is 26.2. The van der Waals surface area contributed by atoms with Gasteiger partial charge >= 0.3 is 0 Å². The molecule has 0 heterocycles. The summed E-state index contributed by atoms with van der Waals surface area (Å²) in [6, 6.07) is 22.0. The van der Waals surface area contributed by atoms with E-state index in [0.717, 1.165) is 38.5 Å². The van der Waals surface area contributed by atoms with E-state index in [1.807, 2.05) is 0 Å².